The number of likely N-dealkylation sites (tertiary alicyclic amines) is 1. The summed E-state index contributed by atoms with van der Waals surface area (Å²) in [6.07, 6.45) is 5.38. The summed E-state index contributed by atoms with van der Waals surface area (Å²) in [5.41, 5.74) is 2.91. The van der Waals surface area contributed by atoms with Crippen molar-refractivity contribution in [3.05, 3.63) is 83.9 Å². The number of imidazole rings is 1. The van der Waals surface area contributed by atoms with Crippen LogP contribution < -0.4 is 5.32 Å². The second-order valence-corrected chi connectivity index (χ2v) is 8.15. The minimum Gasteiger partial charge on any atom is -0.333 e. The highest BCUT2D eigenvalue weighted by atomic mass is 16.2. The van der Waals surface area contributed by atoms with Crippen molar-refractivity contribution in [3.63, 3.8) is 0 Å². The third kappa shape index (κ3) is 2.75. The summed E-state index contributed by atoms with van der Waals surface area (Å²) in [6, 6.07) is 17.9. The Morgan fingerprint density at radius 1 is 1.17 bits per heavy atom. The van der Waals surface area contributed by atoms with Crippen molar-refractivity contribution in [3.8, 4) is 0 Å². The van der Waals surface area contributed by atoms with E-state index in [4.69, 9.17) is 0 Å². The molecule has 6 nitrogen and oxygen atoms in total. The molecule has 3 heterocycles. The Morgan fingerprint density at radius 2 is 1.93 bits per heavy atom. The van der Waals surface area contributed by atoms with Gasteiger partial charge in [0.1, 0.15) is 5.69 Å². The number of benzene rings is 2. The van der Waals surface area contributed by atoms with Gasteiger partial charge in [-0.25, -0.2) is 4.98 Å². The highest BCUT2D eigenvalue weighted by Crippen LogP contribution is 2.49. The molecular weight excluding hydrogens is 376 g/mol. The van der Waals surface area contributed by atoms with Crippen LogP contribution in [-0.2, 0) is 23.7 Å². The van der Waals surface area contributed by atoms with Gasteiger partial charge in [-0.2, -0.15) is 0 Å². The molecular formula is C24H24N4O2. The Hall–Kier alpha value is -3.41. The Morgan fingerprint density at radius 3 is 2.70 bits per heavy atom. The molecule has 0 bridgehead atoms. The van der Waals surface area contributed by atoms with Gasteiger partial charge < -0.3 is 14.8 Å². The maximum Gasteiger partial charge on any atom is 0.272 e. The molecule has 30 heavy (non-hydrogen) atoms. The van der Waals surface area contributed by atoms with E-state index in [0.717, 1.165) is 24.1 Å². The van der Waals surface area contributed by atoms with E-state index in [2.05, 4.69) is 22.4 Å². The lowest BCUT2D eigenvalue weighted by atomic mass is 9.73. The largest absolute Gasteiger partial charge is 0.333 e. The fourth-order valence-electron chi connectivity index (χ4n) is 5.11. The first-order valence-electron chi connectivity index (χ1n) is 10.3. The summed E-state index contributed by atoms with van der Waals surface area (Å²) in [5.74, 6) is -0.0656. The van der Waals surface area contributed by atoms with Crippen LogP contribution in [0.25, 0.3) is 0 Å². The van der Waals surface area contributed by atoms with Crippen LogP contribution in [0.1, 0.15) is 34.5 Å². The van der Waals surface area contributed by atoms with Crippen LogP contribution in [0, 0.1) is 0 Å². The topological polar surface area (TPSA) is 67.2 Å². The molecule has 0 radical (unpaired) electrons. The minimum absolute atomic E-state index is 0.00191. The van der Waals surface area contributed by atoms with Crippen LogP contribution in [0.5, 0.6) is 0 Å². The van der Waals surface area contributed by atoms with E-state index in [1.807, 2.05) is 54.4 Å². The number of carbonyl (C=O) groups excluding carboxylic acids is 2. The lowest BCUT2D eigenvalue weighted by Gasteiger charge is -2.34. The van der Waals surface area contributed by atoms with Crippen LogP contribution in [-0.4, -0.2) is 38.9 Å². The van der Waals surface area contributed by atoms with Crippen molar-refractivity contribution in [2.24, 2.45) is 7.05 Å². The molecule has 2 aliphatic rings. The molecule has 0 saturated carbocycles. The smallest absolute Gasteiger partial charge is 0.272 e. The number of aromatic nitrogens is 2. The molecule has 2 aliphatic heterocycles. The molecule has 2 aromatic carbocycles. The second kappa shape index (κ2) is 7.13. The first-order valence-corrected chi connectivity index (χ1v) is 10.3. The van der Waals surface area contributed by atoms with Gasteiger partial charge in [0.05, 0.1) is 24.0 Å². The molecule has 1 N–H and O–H groups in total. The average Bonchev–Trinajstić information content (AvgIpc) is 3.44. The summed E-state index contributed by atoms with van der Waals surface area (Å²) in [7, 11) is 1.82. The predicted molar refractivity (Wildman–Crippen MR) is 114 cm³/mol. The van der Waals surface area contributed by atoms with Crippen LogP contribution in [0.4, 0.5) is 5.69 Å². The number of amides is 2. The first kappa shape index (κ1) is 18.6. The fraction of sp³-hybridized carbons (Fsp3) is 0.292. The van der Waals surface area contributed by atoms with Gasteiger partial charge in [-0.1, -0.05) is 48.5 Å². The number of hydrogen-bond acceptors (Lipinski definition) is 3. The molecule has 2 atom stereocenters. The Bertz CT molecular complexity index is 1110. The van der Waals surface area contributed by atoms with Gasteiger partial charge in [0, 0.05) is 19.3 Å². The number of nitrogens with zero attached hydrogens (tertiary/aromatic N) is 3. The summed E-state index contributed by atoms with van der Waals surface area (Å²) >= 11 is 0. The predicted octanol–water partition coefficient (Wildman–Crippen LogP) is 3.16. The van der Waals surface area contributed by atoms with Gasteiger partial charge in [-0.15, -0.1) is 0 Å². The molecule has 1 saturated heterocycles. The number of nitrogens with one attached hydrogen (secondary N) is 1. The van der Waals surface area contributed by atoms with Gasteiger partial charge in [0.2, 0.25) is 5.91 Å². The lowest BCUT2D eigenvalue weighted by molar-refractivity contribution is -0.121. The van der Waals surface area contributed by atoms with Gasteiger partial charge >= 0.3 is 0 Å². The summed E-state index contributed by atoms with van der Waals surface area (Å²) in [5, 5.41) is 3.07. The number of rotatable bonds is 4. The SMILES string of the molecule is Cn1cncc1C(=O)N1CC[C@]2(C(=O)Nc3ccccc32)[C@@H]1CCc1ccccc1. The Labute approximate surface area is 175 Å². The number of fused-ring (bicyclic) bond motifs is 2. The van der Waals surface area contributed by atoms with E-state index < -0.39 is 5.41 Å². The number of anilines is 1. The highest BCUT2D eigenvalue weighted by molar-refractivity contribution is 6.08. The monoisotopic (exact) mass is 400 g/mol. The van der Waals surface area contributed by atoms with Crippen LogP contribution in [0.2, 0.25) is 0 Å². The first-order chi connectivity index (χ1) is 14.6. The maximum absolute atomic E-state index is 13.4. The van der Waals surface area contributed by atoms with E-state index in [1.165, 1.54) is 5.56 Å². The quantitative estimate of drug-likeness (QED) is 0.732. The van der Waals surface area contributed by atoms with E-state index in [0.29, 0.717) is 18.7 Å². The minimum atomic E-state index is -0.709. The van der Waals surface area contributed by atoms with Gasteiger partial charge in [0.15, 0.2) is 0 Å². The van der Waals surface area contributed by atoms with E-state index in [9.17, 15) is 9.59 Å². The van der Waals surface area contributed by atoms with Crippen molar-refractivity contribution in [1.29, 1.82) is 0 Å². The molecule has 1 aromatic heterocycles. The van der Waals surface area contributed by atoms with Gasteiger partial charge in [-0.3, -0.25) is 9.59 Å². The van der Waals surface area contributed by atoms with Crippen molar-refractivity contribution in [2.75, 3.05) is 11.9 Å². The maximum atomic E-state index is 13.4. The van der Waals surface area contributed by atoms with Gasteiger partial charge in [0.25, 0.3) is 5.91 Å². The third-order valence-corrected chi connectivity index (χ3v) is 6.60. The zero-order valence-electron chi connectivity index (χ0n) is 16.9. The Balaban J connectivity index is 1.55. The zero-order valence-corrected chi connectivity index (χ0v) is 16.9. The normalized spacial score (nSPS) is 22.4. The van der Waals surface area contributed by atoms with Crippen LogP contribution >= 0.6 is 0 Å². The van der Waals surface area contributed by atoms with Crippen molar-refractivity contribution < 1.29 is 9.59 Å². The average molecular weight is 400 g/mol. The van der Waals surface area contributed by atoms with E-state index >= 15 is 0 Å². The van der Waals surface area contributed by atoms with Crippen molar-refractivity contribution in [1.82, 2.24) is 14.5 Å². The molecule has 6 heteroatoms. The van der Waals surface area contributed by atoms with Crippen molar-refractivity contribution >= 4 is 17.5 Å². The van der Waals surface area contributed by atoms with Crippen molar-refractivity contribution in [2.45, 2.75) is 30.7 Å². The molecule has 1 fully saturated rings. The Kier molecular flexibility index (Phi) is 4.42. The van der Waals surface area contributed by atoms with E-state index in [-0.39, 0.29) is 17.9 Å². The number of hydrogen-bond donors (Lipinski definition) is 1. The number of para-hydroxylation sites is 1. The zero-order chi connectivity index (χ0) is 20.7. The van der Waals surface area contributed by atoms with Gasteiger partial charge in [-0.05, 0) is 36.5 Å². The number of aryl methyl sites for hydroxylation is 2. The highest BCUT2D eigenvalue weighted by Gasteiger charge is 2.58. The summed E-state index contributed by atoms with van der Waals surface area (Å²) in [4.78, 5) is 32.8. The lowest BCUT2D eigenvalue weighted by Crippen LogP contribution is -2.49. The molecule has 2 amide bonds. The fourth-order valence-corrected chi connectivity index (χ4v) is 5.11. The number of carbonyl (C=O) groups is 2. The molecule has 5 rings (SSSR count). The van der Waals surface area contributed by atoms with E-state index in [1.54, 1.807) is 17.1 Å². The second-order valence-electron chi connectivity index (χ2n) is 8.15. The molecule has 152 valence electrons. The summed E-state index contributed by atoms with van der Waals surface area (Å²) in [6.45, 7) is 0.547. The molecule has 0 aliphatic carbocycles. The molecule has 0 unspecified atom stereocenters. The molecule has 3 aromatic rings. The third-order valence-electron chi connectivity index (χ3n) is 6.60. The van der Waals surface area contributed by atoms with Crippen LogP contribution in [0.3, 0.4) is 0 Å². The standard InChI is InChI=1S/C24H24N4O2/c1-27-16-25-15-20(27)22(29)28-14-13-24(18-9-5-6-10-19(18)26-23(24)30)21(28)12-11-17-7-3-2-4-8-17/h2-10,15-16,21H,11-14H2,1H3,(H,26,30)/t21-,24+/m0/s1. The molecule has 1 spiro atoms. The van der Waals surface area contributed by atoms with Crippen LogP contribution in [0.15, 0.2) is 67.1 Å². The summed E-state index contributed by atoms with van der Waals surface area (Å²) < 4.78 is 1.74.